The SMILES string of the molecule is CNCOP(=O)(OC)OCC(COC)OC. The lowest BCUT2D eigenvalue weighted by Gasteiger charge is -2.19. The minimum atomic E-state index is -3.51. The summed E-state index contributed by atoms with van der Waals surface area (Å²) in [6.45, 7) is 0.485. The van der Waals surface area contributed by atoms with E-state index in [4.69, 9.17) is 18.5 Å². The maximum atomic E-state index is 11.8. The quantitative estimate of drug-likeness (QED) is 0.454. The lowest BCUT2D eigenvalue weighted by molar-refractivity contribution is -0.00992. The lowest BCUT2D eigenvalue weighted by atomic mass is 10.4. The van der Waals surface area contributed by atoms with Crippen LogP contribution in [0.5, 0.6) is 0 Å². The smallest absolute Gasteiger partial charge is 0.382 e. The summed E-state index contributed by atoms with van der Waals surface area (Å²) in [5, 5.41) is 2.67. The molecule has 0 aromatic heterocycles. The summed E-state index contributed by atoms with van der Waals surface area (Å²) in [6.07, 6.45) is -0.313. The van der Waals surface area contributed by atoms with E-state index in [1.807, 2.05) is 0 Å². The van der Waals surface area contributed by atoms with Crippen molar-refractivity contribution in [2.45, 2.75) is 6.10 Å². The summed E-state index contributed by atoms with van der Waals surface area (Å²) in [6, 6.07) is 0. The summed E-state index contributed by atoms with van der Waals surface area (Å²) in [7, 11) is 2.46. The average molecular weight is 257 g/mol. The van der Waals surface area contributed by atoms with Gasteiger partial charge >= 0.3 is 7.82 Å². The number of hydrogen-bond acceptors (Lipinski definition) is 7. The normalized spacial score (nSPS) is 17.0. The molecule has 8 heteroatoms. The van der Waals surface area contributed by atoms with Crippen molar-refractivity contribution in [3.63, 3.8) is 0 Å². The summed E-state index contributed by atoms with van der Waals surface area (Å²) in [5.41, 5.74) is 0. The maximum Gasteiger partial charge on any atom is 0.475 e. The lowest BCUT2D eigenvalue weighted by Crippen LogP contribution is -2.23. The van der Waals surface area contributed by atoms with Crippen LogP contribution in [0.1, 0.15) is 0 Å². The first kappa shape index (κ1) is 16.0. The van der Waals surface area contributed by atoms with Gasteiger partial charge in [-0.1, -0.05) is 0 Å². The van der Waals surface area contributed by atoms with Gasteiger partial charge in [0.2, 0.25) is 0 Å². The van der Waals surface area contributed by atoms with Crippen LogP contribution < -0.4 is 5.32 Å². The first-order valence-corrected chi connectivity index (χ1v) is 6.19. The first-order valence-electron chi connectivity index (χ1n) is 4.73. The van der Waals surface area contributed by atoms with Gasteiger partial charge in [-0.05, 0) is 7.05 Å². The third kappa shape index (κ3) is 6.55. The largest absolute Gasteiger partial charge is 0.475 e. The number of methoxy groups -OCH3 is 2. The molecule has 98 valence electrons. The Bertz CT molecular complexity index is 215. The van der Waals surface area contributed by atoms with Crippen molar-refractivity contribution >= 4 is 7.82 Å². The summed E-state index contributed by atoms with van der Waals surface area (Å²) in [4.78, 5) is 0. The zero-order chi connectivity index (χ0) is 12.4. The van der Waals surface area contributed by atoms with E-state index in [1.54, 1.807) is 14.2 Å². The van der Waals surface area contributed by atoms with Gasteiger partial charge < -0.3 is 9.47 Å². The molecule has 0 aromatic rings. The molecule has 0 radical (unpaired) electrons. The fraction of sp³-hybridized carbons (Fsp3) is 1.00. The number of phosphoric ester groups is 1. The molecule has 7 nitrogen and oxygen atoms in total. The highest BCUT2D eigenvalue weighted by Gasteiger charge is 2.26. The van der Waals surface area contributed by atoms with Gasteiger partial charge in [0.25, 0.3) is 0 Å². The fourth-order valence-corrected chi connectivity index (χ4v) is 1.75. The number of nitrogens with one attached hydrogen (secondary N) is 1. The zero-order valence-corrected chi connectivity index (χ0v) is 11.0. The number of phosphoric acid groups is 1. The Morgan fingerprint density at radius 3 is 2.31 bits per heavy atom. The van der Waals surface area contributed by atoms with Gasteiger partial charge in [0.05, 0.1) is 13.2 Å². The van der Waals surface area contributed by atoms with E-state index in [9.17, 15) is 4.57 Å². The van der Waals surface area contributed by atoms with Gasteiger partial charge in [0.15, 0.2) is 0 Å². The van der Waals surface area contributed by atoms with Gasteiger partial charge in [-0.15, -0.1) is 0 Å². The molecule has 0 saturated heterocycles. The molecule has 0 saturated carbocycles. The molecule has 0 aliphatic rings. The molecule has 0 heterocycles. The van der Waals surface area contributed by atoms with Crippen LogP contribution in [0.15, 0.2) is 0 Å². The van der Waals surface area contributed by atoms with E-state index >= 15 is 0 Å². The first-order chi connectivity index (χ1) is 7.61. The standard InChI is InChI=1S/C8H20NO6P/c1-9-7-15-16(10,13-4)14-6-8(12-3)5-11-2/h8-9H,5-7H2,1-4H3. The predicted molar refractivity (Wildman–Crippen MR) is 58.3 cm³/mol. The van der Waals surface area contributed by atoms with Crippen molar-refractivity contribution in [1.29, 1.82) is 0 Å². The van der Waals surface area contributed by atoms with Crippen LogP contribution in [-0.4, -0.2) is 54.4 Å². The Balaban J connectivity index is 4.05. The van der Waals surface area contributed by atoms with E-state index in [0.717, 1.165) is 0 Å². The molecule has 0 aromatic carbocycles. The monoisotopic (exact) mass is 257 g/mol. The van der Waals surface area contributed by atoms with Gasteiger partial charge in [-0.2, -0.15) is 0 Å². The Hall–Kier alpha value is -0.0100. The van der Waals surface area contributed by atoms with Crippen LogP contribution in [0, 0.1) is 0 Å². The molecule has 0 amide bonds. The second-order valence-corrected chi connectivity index (χ2v) is 4.64. The average Bonchev–Trinajstić information content (AvgIpc) is 2.32. The van der Waals surface area contributed by atoms with Crippen molar-refractivity contribution in [2.75, 3.05) is 48.3 Å². The Morgan fingerprint density at radius 2 is 1.88 bits per heavy atom. The van der Waals surface area contributed by atoms with Crippen LogP contribution in [-0.2, 0) is 27.6 Å². The third-order valence-corrected chi connectivity index (χ3v) is 3.05. The van der Waals surface area contributed by atoms with Gasteiger partial charge in [-0.3, -0.25) is 18.9 Å². The van der Waals surface area contributed by atoms with Crippen molar-refractivity contribution in [3.05, 3.63) is 0 Å². The predicted octanol–water partition coefficient (Wildman–Crippen LogP) is 0.612. The van der Waals surface area contributed by atoms with Crippen LogP contribution >= 0.6 is 7.82 Å². The molecular weight excluding hydrogens is 237 g/mol. The second-order valence-electron chi connectivity index (χ2n) is 2.87. The summed E-state index contributed by atoms with van der Waals surface area (Å²) < 4.78 is 36.3. The van der Waals surface area contributed by atoms with Crippen LogP contribution in [0.3, 0.4) is 0 Å². The summed E-state index contributed by atoms with van der Waals surface area (Å²) in [5.74, 6) is 0. The van der Waals surface area contributed by atoms with E-state index < -0.39 is 7.82 Å². The summed E-state index contributed by atoms with van der Waals surface area (Å²) >= 11 is 0. The van der Waals surface area contributed by atoms with Crippen molar-refractivity contribution in [2.24, 2.45) is 0 Å². The number of hydrogen-bond donors (Lipinski definition) is 1. The molecule has 0 aliphatic heterocycles. The van der Waals surface area contributed by atoms with Crippen LogP contribution in [0.4, 0.5) is 0 Å². The molecule has 2 atom stereocenters. The molecule has 16 heavy (non-hydrogen) atoms. The van der Waals surface area contributed by atoms with E-state index in [-0.39, 0.29) is 19.4 Å². The van der Waals surface area contributed by atoms with Crippen LogP contribution in [0.2, 0.25) is 0 Å². The number of rotatable bonds is 10. The molecule has 0 rings (SSSR count). The minimum Gasteiger partial charge on any atom is -0.382 e. The Labute approximate surface area is 96.0 Å². The molecule has 0 aliphatic carbocycles. The Kier molecular flexibility index (Phi) is 9.06. The fourth-order valence-electron chi connectivity index (χ4n) is 0.831. The highest BCUT2D eigenvalue weighted by Crippen LogP contribution is 2.48. The van der Waals surface area contributed by atoms with Crippen LogP contribution in [0.25, 0.3) is 0 Å². The van der Waals surface area contributed by atoms with Gasteiger partial charge in [0, 0.05) is 21.3 Å². The molecule has 0 bridgehead atoms. The molecule has 1 N–H and O–H groups in total. The van der Waals surface area contributed by atoms with E-state index in [1.165, 1.54) is 14.2 Å². The minimum absolute atomic E-state index is 0.0686. The molecular formula is C8H20NO6P. The second kappa shape index (κ2) is 9.07. The van der Waals surface area contributed by atoms with E-state index in [0.29, 0.717) is 6.61 Å². The highest BCUT2D eigenvalue weighted by molar-refractivity contribution is 7.48. The topological polar surface area (TPSA) is 75.3 Å². The van der Waals surface area contributed by atoms with Gasteiger partial charge in [0.1, 0.15) is 12.8 Å². The van der Waals surface area contributed by atoms with Crippen molar-refractivity contribution < 1.29 is 27.6 Å². The highest BCUT2D eigenvalue weighted by atomic mass is 31.2. The van der Waals surface area contributed by atoms with Crippen molar-refractivity contribution in [1.82, 2.24) is 5.32 Å². The molecule has 2 unspecified atom stereocenters. The van der Waals surface area contributed by atoms with E-state index in [2.05, 4.69) is 9.84 Å². The maximum absolute atomic E-state index is 11.8. The van der Waals surface area contributed by atoms with Crippen molar-refractivity contribution in [3.8, 4) is 0 Å². The third-order valence-electron chi connectivity index (χ3n) is 1.70. The van der Waals surface area contributed by atoms with Gasteiger partial charge in [-0.25, -0.2) is 4.57 Å². The molecule has 0 fully saturated rings. The molecule has 0 spiro atoms. The zero-order valence-electron chi connectivity index (χ0n) is 10.1. The number of ether oxygens (including phenoxy) is 2. The Morgan fingerprint density at radius 1 is 1.19 bits per heavy atom.